The quantitative estimate of drug-likeness (QED) is 0.528. The van der Waals surface area contributed by atoms with Crippen LogP contribution in [0, 0.1) is 0 Å². The van der Waals surface area contributed by atoms with Gasteiger partial charge in [-0.05, 0) is 6.42 Å². The second kappa shape index (κ2) is 9.23. The van der Waals surface area contributed by atoms with E-state index >= 15 is 0 Å². The molecule has 0 aromatic rings. The normalized spacial score (nSPS) is 11.2. The van der Waals surface area contributed by atoms with E-state index in [1.54, 1.807) is 0 Å². The molecular weight excluding hydrogens is 242 g/mol. The highest BCUT2D eigenvalue weighted by Crippen LogP contribution is 1.96. The molecule has 0 saturated heterocycles. The molecule has 3 N–H and O–H groups in total. The van der Waals surface area contributed by atoms with Gasteiger partial charge in [0, 0.05) is 19.6 Å². The summed E-state index contributed by atoms with van der Waals surface area (Å²) in [5.74, 6) is 0. The van der Waals surface area contributed by atoms with Crippen molar-refractivity contribution in [2.45, 2.75) is 32.6 Å². The van der Waals surface area contributed by atoms with Crippen molar-refractivity contribution in [3.63, 3.8) is 0 Å². The van der Waals surface area contributed by atoms with Crippen LogP contribution in [-0.2, 0) is 10.0 Å². The van der Waals surface area contributed by atoms with Crippen LogP contribution in [0.25, 0.3) is 0 Å². The molecule has 0 atom stereocenters. The van der Waals surface area contributed by atoms with E-state index in [1.807, 2.05) is 0 Å². The summed E-state index contributed by atoms with van der Waals surface area (Å²) in [4.78, 5) is 11.2. The lowest BCUT2D eigenvalue weighted by molar-refractivity contribution is 0.241. The third-order valence-corrected chi connectivity index (χ3v) is 2.82. The van der Waals surface area contributed by atoms with Crippen LogP contribution in [-0.4, -0.2) is 40.3 Å². The van der Waals surface area contributed by atoms with Crippen LogP contribution in [0.3, 0.4) is 0 Å². The van der Waals surface area contributed by atoms with E-state index < -0.39 is 10.0 Å². The van der Waals surface area contributed by atoms with Gasteiger partial charge in [-0.3, -0.25) is 0 Å². The van der Waals surface area contributed by atoms with E-state index in [2.05, 4.69) is 22.3 Å². The zero-order chi connectivity index (χ0) is 13.1. The monoisotopic (exact) mass is 265 g/mol. The molecule has 17 heavy (non-hydrogen) atoms. The predicted octanol–water partition coefficient (Wildman–Crippen LogP) is 0.415. The molecule has 7 heteroatoms. The van der Waals surface area contributed by atoms with Gasteiger partial charge in [0.25, 0.3) is 0 Å². The van der Waals surface area contributed by atoms with Crippen molar-refractivity contribution in [1.82, 2.24) is 15.4 Å². The number of sulfonamides is 1. The van der Waals surface area contributed by atoms with Crippen LogP contribution < -0.4 is 15.4 Å². The smallest absolute Gasteiger partial charge is 0.314 e. The molecule has 2 amide bonds. The topological polar surface area (TPSA) is 87.3 Å². The molecule has 0 aromatic heterocycles. The van der Waals surface area contributed by atoms with Crippen LogP contribution in [0.2, 0.25) is 0 Å². The van der Waals surface area contributed by atoms with Crippen LogP contribution in [0.15, 0.2) is 0 Å². The molecule has 0 heterocycles. The molecular formula is C10H23N3O3S. The first kappa shape index (κ1) is 16.2. The molecule has 0 saturated carbocycles. The zero-order valence-corrected chi connectivity index (χ0v) is 11.4. The highest BCUT2D eigenvalue weighted by atomic mass is 32.2. The summed E-state index contributed by atoms with van der Waals surface area (Å²) in [5, 5.41) is 5.28. The lowest BCUT2D eigenvalue weighted by atomic mass is 10.2. The summed E-state index contributed by atoms with van der Waals surface area (Å²) in [6.07, 6.45) is 5.53. The molecule has 0 radical (unpaired) electrons. The lowest BCUT2D eigenvalue weighted by Crippen LogP contribution is -2.40. The van der Waals surface area contributed by atoms with E-state index in [9.17, 15) is 13.2 Å². The van der Waals surface area contributed by atoms with Crippen molar-refractivity contribution < 1.29 is 13.2 Å². The summed E-state index contributed by atoms with van der Waals surface area (Å²) >= 11 is 0. The number of rotatable bonds is 9. The van der Waals surface area contributed by atoms with Gasteiger partial charge in [-0.25, -0.2) is 17.9 Å². The molecule has 0 unspecified atom stereocenters. The zero-order valence-electron chi connectivity index (χ0n) is 10.6. The van der Waals surface area contributed by atoms with Crippen LogP contribution >= 0.6 is 0 Å². The van der Waals surface area contributed by atoms with Gasteiger partial charge in [0.1, 0.15) is 0 Å². The fraction of sp³-hybridized carbons (Fsp3) is 0.900. The van der Waals surface area contributed by atoms with Crippen molar-refractivity contribution in [3.05, 3.63) is 0 Å². The Labute approximate surface area is 104 Å². The van der Waals surface area contributed by atoms with Crippen molar-refractivity contribution in [2.75, 3.05) is 25.9 Å². The molecule has 102 valence electrons. The van der Waals surface area contributed by atoms with Gasteiger partial charge in [0.15, 0.2) is 0 Å². The van der Waals surface area contributed by atoms with Gasteiger partial charge in [-0.1, -0.05) is 26.2 Å². The third-order valence-electron chi connectivity index (χ3n) is 2.09. The first-order valence-electron chi connectivity index (χ1n) is 5.92. The molecule has 0 aliphatic carbocycles. The van der Waals surface area contributed by atoms with Gasteiger partial charge in [0.2, 0.25) is 10.0 Å². The number of unbranched alkanes of at least 4 members (excludes halogenated alkanes) is 3. The third kappa shape index (κ3) is 13.1. The number of hydrogen-bond acceptors (Lipinski definition) is 3. The summed E-state index contributed by atoms with van der Waals surface area (Å²) in [7, 11) is -3.17. The number of nitrogens with one attached hydrogen (secondary N) is 3. The Morgan fingerprint density at radius 2 is 1.65 bits per heavy atom. The molecule has 0 bridgehead atoms. The lowest BCUT2D eigenvalue weighted by Gasteiger charge is -2.07. The maximum absolute atomic E-state index is 11.2. The van der Waals surface area contributed by atoms with Crippen molar-refractivity contribution >= 4 is 16.1 Å². The summed E-state index contributed by atoms with van der Waals surface area (Å²) in [6, 6.07) is -0.253. The Morgan fingerprint density at radius 3 is 2.24 bits per heavy atom. The summed E-state index contributed by atoms with van der Waals surface area (Å²) in [6.45, 7) is 3.29. The Bertz CT molecular complexity index is 304. The van der Waals surface area contributed by atoms with Crippen LogP contribution in [0.4, 0.5) is 4.79 Å². The SMILES string of the molecule is CCCCCCNC(=O)NCCNS(C)(=O)=O. The Morgan fingerprint density at radius 1 is 1.00 bits per heavy atom. The summed E-state index contributed by atoms with van der Waals surface area (Å²) < 4.78 is 23.7. The van der Waals surface area contributed by atoms with E-state index in [0.29, 0.717) is 6.54 Å². The average molecular weight is 265 g/mol. The molecule has 0 rings (SSSR count). The van der Waals surface area contributed by atoms with Crippen molar-refractivity contribution in [2.24, 2.45) is 0 Å². The second-order valence-electron chi connectivity index (χ2n) is 3.91. The van der Waals surface area contributed by atoms with E-state index in [4.69, 9.17) is 0 Å². The van der Waals surface area contributed by atoms with Crippen LogP contribution in [0.1, 0.15) is 32.6 Å². The Balaban J connectivity index is 3.35. The standard InChI is InChI=1S/C10H23N3O3S/c1-3-4-5-6-7-11-10(14)12-8-9-13-17(2,15)16/h13H,3-9H2,1-2H3,(H2,11,12,14). The first-order chi connectivity index (χ1) is 7.95. The average Bonchev–Trinajstić information content (AvgIpc) is 2.23. The largest absolute Gasteiger partial charge is 0.338 e. The number of amides is 2. The fourth-order valence-electron chi connectivity index (χ4n) is 1.23. The number of carbonyl (C=O) groups excluding carboxylic acids is 1. The number of urea groups is 1. The van der Waals surface area contributed by atoms with Crippen molar-refractivity contribution in [3.8, 4) is 0 Å². The fourth-order valence-corrected chi connectivity index (χ4v) is 1.70. The molecule has 0 spiro atoms. The molecule has 0 aliphatic heterocycles. The maximum atomic E-state index is 11.2. The highest BCUT2D eigenvalue weighted by Gasteiger charge is 2.01. The van der Waals surface area contributed by atoms with Crippen molar-refractivity contribution in [1.29, 1.82) is 0 Å². The first-order valence-corrected chi connectivity index (χ1v) is 7.81. The molecule has 0 aromatic carbocycles. The van der Waals surface area contributed by atoms with E-state index in [0.717, 1.165) is 19.1 Å². The Hall–Kier alpha value is -0.820. The van der Waals surface area contributed by atoms with E-state index in [-0.39, 0.29) is 19.1 Å². The van der Waals surface area contributed by atoms with Gasteiger partial charge in [-0.2, -0.15) is 0 Å². The van der Waals surface area contributed by atoms with Gasteiger partial charge >= 0.3 is 6.03 Å². The predicted molar refractivity (Wildman–Crippen MR) is 68.4 cm³/mol. The van der Waals surface area contributed by atoms with Crippen LogP contribution in [0.5, 0.6) is 0 Å². The molecule has 6 nitrogen and oxygen atoms in total. The van der Waals surface area contributed by atoms with Gasteiger partial charge in [0.05, 0.1) is 6.26 Å². The number of carbonyl (C=O) groups is 1. The highest BCUT2D eigenvalue weighted by molar-refractivity contribution is 7.88. The molecule has 0 fully saturated rings. The van der Waals surface area contributed by atoms with Gasteiger partial charge < -0.3 is 10.6 Å². The minimum atomic E-state index is -3.17. The Kier molecular flexibility index (Phi) is 8.79. The summed E-state index contributed by atoms with van der Waals surface area (Å²) in [5.41, 5.74) is 0. The maximum Gasteiger partial charge on any atom is 0.314 e. The second-order valence-corrected chi connectivity index (χ2v) is 5.74. The number of hydrogen-bond donors (Lipinski definition) is 3. The minimum Gasteiger partial charge on any atom is -0.338 e. The molecule has 0 aliphatic rings. The minimum absolute atomic E-state index is 0.210. The van der Waals surface area contributed by atoms with Gasteiger partial charge in [-0.15, -0.1) is 0 Å². The van der Waals surface area contributed by atoms with E-state index in [1.165, 1.54) is 12.8 Å².